The molecule has 0 spiro atoms. The van der Waals surface area contributed by atoms with Gasteiger partial charge in [-0.05, 0) is 35.8 Å². The molecule has 1 nitrogen and oxygen atoms in total. The number of carbonyl (C=O) groups is 1. The summed E-state index contributed by atoms with van der Waals surface area (Å²) in [7, 11) is 0. The van der Waals surface area contributed by atoms with E-state index >= 15 is 0 Å². The van der Waals surface area contributed by atoms with E-state index in [1.165, 1.54) is 0 Å². The summed E-state index contributed by atoms with van der Waals surface area (Å²) >= 11 is 0. The molecule has 0 atom stereocenters. The summed E-state index contributed by atoms with van der Waals surface area (Å²) in [5.41, 5.74) is 0. The van der Waals surface area contributed by atoms with Gasteiger partial charge in [0.15, 0.2) is 5.78 Å². The van der Waals surface area contributed by atoms with E-state index in [0.29, 0.717) is 23.7 Å². The Bertz CT molecular complexity index is 284. The molecule has 5 rings (SSSR count). The highest BCUT2D eigenvalue weighted by Crippen LogP contribution is 2.54. The number of fused-ring (bicyclic) bond motifs is 2. The number of hydrogen-bond donors (Lipinski definition) is 0. The van der Waals surface area contributed by atoms with Crippen LogP contribution in [0.5, 0.6) is 0 Å². The Hall–Kier alpha value is -1.11. The molecular formula is C11H10O. The van der Waals surface area contributed by atoms with E-state index in [0.717, 1.165) is 0 Å². The van der Waals surface area contributed by atoms with E-state index < -0.39 is 0 Å². The maximum atomic E-state index is 11.0. The van der Waals surface area contributed by atoms with Crippen molar-refractivity contribution < 1.29 is 4.79 Å². The summed E-state index contributed by atoms with van der Waals surface area (Å²) in [6.45, 7) is 0. The molecule has 0 saturated heterocycles. The summed E-state index contributed by atoms with van der Waals surface area (Å²) in [5.74, 6) is 2.78. The van der Waals surface area contributed by atoms with Gasteiger partial charge in [0.1, 0.15) is 0 Å². The summed E-state index contributed by atoms with van der Waals surface area (Å²) in [4.78, 5) is 11.0. The monoisotopic (exact) mass is 158 g/mol. The van der Waals surface area contributed by atoms with E-state index in [4.69, 9.17) is 0 Å². The normalized spacial score (nSPS) is 52.5. The third-order valence-corrected chi connectivity index (χ3v) is 3.30. The zero-order valence-electron chi connectivity index (χ0n) is 6.68. The van der Waals surface area contributed by atoms with Gasteiger partial charge in [0.05, 0.1) is 0 Å². The maximum absolute atomic E-state index is 11.0. The minimum absolute atomic E-state index is 0.142. The summed E-state index contributed by atoms with van der Waals surface area (Å²) in [6, 6.07) is 0. The van der Waals surface area contributed by atoms with Crippen molar-refractivity contribution in [3.8, 4) is 0 Å². The van der Waals surface area contributed by atoms with Crippen LogP contribution < -0.4 is 0 Å². The first-order chi connectivity index (χ1) is 5.86. The highest BCUT2D eigenvalue weighted by Gasteiger charge is 2.49. The fourth-order valence-corrected chi connectivity index (χ4v) is 2.63. The number of allylic oxidation sites excluding steroid dienone is 6. The molecule has 4 bridgehead atoms. The van der Waals surface area contributed by atoms with Gasteiger partial charge < -0.3 is 0 Å². The van der Waals surface area contributed by atoms with Crippen LogP contribution in [0.2, 0.25) is 0 Å². The van der Waals surface area contributed by atoms with Gasteiger partial charge in [0.2, 0.25) is 0 Å². The van der Waals surface area contributed by atoms with E-state index in [1.54, 1.807) is 12.2 Å². The molecule has 0 unspecified atom stereocenters. The van der Waals surface area contributed by atoms with Crippen LogP contribution in [0.4, 0.5) is 0 Å². The predicted octanol–water partition coefficient (Wildman–Crippen LogP) is 1.73. The number of carbonyl (C=O) groups excluding carboxylic acids is 1. The first kappa shape index (κ1) is 6.41. The van der Waals surface area contributed by atoms with Gasteiger partial charge in [-0.25, -0.2) is 0 Å². The van der Waals surface area contributed by atoms with Crippen molar-refractivity contribution in [2.45, 2.75) is 0 Å². The lowest BCUT2D eigenvalue weighted by Crippen LogP contribution is -2.38. The molecule has 0 radical (unpaired) electrons. The average molecular weight is 158 g/mol. The van der Waals surface area contributed by atoms with Crippen molar-refractivity contribution >= 4 is 5.78 Å². The third-order valence-electron chi connectivity index (χ3n) is 3.30. The van der Waals surface area contributed by atoms with Crippen LogP contribution in [0.15, 0.2) is 36.5 Å². The molecule has 1 saturated carbocycles. The summed E-state index contributed by atoms with van der Waals surface area (Å²) in [6.07, 6.45) is 12.2. The minimum Gasteiger partial charge on any atom is -0.290 e. The summed E-state index contributed by atoms with van der Waals surface area (Å²) in [5, 5.41) is 0. The first-order valence-electron chi connectivity index (χ1n) is 4.45. The molecule has 0 N–H and O–H groups in total. The Labute approximate surface area is 71.5 Å². The molecule has 0 aromatic rings. The molecule has 1 fully saturated rings. The fraction of sp³-hybridized carbons (Fsp3) is 0.364. The van der Waals surface area contributed by atoms with Gasteiger partial charge in [-0.3, -0.25) is 4.79 Å². The highest BCUT2D eigenvalue weighted by atomic mass is 16.1. The van der Waals surface area contributed by atoms with Crippen molar-refractivity contribution in [2.75, 3.05) is 0 Å². The maximum Gasteiger partial charge on any atom is 0.178 e. The highest BCUT2D eigenvalue weighted by molar-refractivity contribution is 5.99. The second kappa shape index (κ2) is 1.98. The Morgan fingerprint density at radius 1 is 0.750 bits per heavy atom. The lowest BCUT2D eigenvalue weighted by molar-refractivity contribution is -0.110. The number of ketones is 1. The van der Waals surface area contributed by atoms with Crippen LogP contribution in [0.1, 0.15) is 0 Å². The van der Waals surface area contributed by atoms with Crippen LogP contribution in [0.25, 0.3) is 0 Å². The Morgan fingerprint density at radius 2 is 1.17 bits per heavy atom. The average Bonchev–Trinajstić information content (AvgIpc) is 2.55. The molecule has 5 aliphatic carbocycles. The smallest absolute Gasteiger partial charge is 0.178 e. The van der Waals surface area contributed by atoms with Crippen LogP contribution in [0.3, 0.4) is 0 Å². The molecule has 0 aromatic carbocycles. The molecule has 5 aliphatic rings. The molecule has 1 heteroatoms. The second-order valence-electron chi connectivity index (χ2n) is 3.81. The quantitative estimate of drug-likeness (QED) is 0.491. The Balaban J connectivity index is 1.99. The van der Waals surface area contributed by atoms with Crippen molar-refractivity contribution in [1.29, 1.82) is 0 Å². The number of rotatable bonds is 0. The zero-order chi connectivity index (χ0) is 8.13. The lowest BCUT2D eigenvalue weighted by atomic mass is 9.61. The second-order valence-corrected chi connectivity index (χ2v) is 3.81. The Morgan fingerprint density at radius 3 is 1.67 bits per heavy atom. The van der Waals surface area contributed by atoms with Crippen LogP contribution in [0, 0.1) is 23.7 Å². The van der Waals surface area contributed by atoms with Gasteiger partial charge in [0, 0.05) is 0 Å². The van der Waals surface area contributed by atoms with E-state index in [-0.39, 0.29) is 5.78 Å². The first-order valence-corrected chi connectivity index (χ1v) is 4.45. The number of hydrogen-bond acceptors (Lipinski definition) is 1. The van der Waals surface area contributed by atoms with Crippen molar-refractivity contribution in [3.05, 3.63) is 36.5 Å². The van der Waals surface area contributed by atoms with Crippen molar-refractivity contribution in [1.82, 2.24) is 0 Å². The van der Waals surface area contributed by atoms with Crippen molar-refractivity contribution in [2.24, 2.45) is 23.7 Å². The topological polar surface area (TPSA) is 17.1 Å². The van der Waals surface area contributed by atoms with Gasteiger partial charge in [-0.2, -0.15) is 0 Å². The van der Waals surface area contributed by atoms with Gasteiger partial charge in [-0.15, -0.1) is 0 Å². The standard InChI is InChI=1S/C11H10O/c12-7-1-3-8-10-5-6-11(8)9(10)4-2-7/h1-6,8-11H/b3-1-,4-2-. The van der Waals surface area contributed by atoms with E-state index in [9.17, 15) is 4.79 Å². The predicted molar refractivity (Wildman–Crippen MR) is 46.4 cm³/mol. The van der Waals surface area contributed by atoms with Gasteiger partial charge in [0.25, 0.3) is 0 Å². The van der Waals surface area contributed by atoms with Crippen molar-refractivity contribution in [3.63, 3.8) is 0 Å². The third kappa shape index (κ3) is 0.619. The molecule has 0 amide bonds. The molecule has 0 aromatic heterocycles. The van der Waals surface area contributed by atoms with Gasteiger partial charge >= 0.3 is 0 Å². The Kier molecular flexibility index (Phi) is 1.06. The van der Waals surface area contributed by atoms with Crippen LogP contribution >= 0.6 is 0 Å². The SMILES string of the molecule is O=C1/C=C\C2C3C=CC2C3/C=C\1. The molecule has 0 heterocycles. The molecule has 0 aliphatic heterocycles. The van der Waals surface area contributed by atoms with Crippen LogP contribution in [-0.4, -0.2) is 5.78 Å². The molecule has 60 valence electrons. The molecular weight excluding hydrogens is 148 g/mol. The van der Waals surface area contributed by atoms with E-state index in [1.807, 2.05) is 0 Å². The summed E-state index contributed by atoms with van der Waals surface area (Å²) < 4.78 is 0. The minimum atomic E-state index is 0.142. The zero-order valence-corrected chi connectivity index (χ0v) is 6.68. The van der Waals surface area contributed by atoms with Gasteiger partial charge in [-0.1, -0.05) is 24.3 Å². The van der Waals surface area contributed by atoms with Crippen LogP contribution in [-0.2, 0) is 4.79 Å². The largest absolute Gasteiger partial charge is 0.290 e. The molecule has 12 heavy (non-hydrogen) atoms. The van der Waals surface area contributed by atoms with E-state index in [2.05, 4.69) is 24.3 Å². The lowest BCUT2D eigenvalue weighted by Gasteiger charge is -2.42. The fourth-order valence-electron chi connectivity index (χ4n) is 2.63.